The van der Waals surface area contributed by atoms with Crippen LogP contribution in [0.15, 0.2) is 18.2 Å². The van der Waals surface area contributed by atoms with Gasteiger partial charge in [-0.2, -0.15) is 0 Å². The molecule has 0 spiro atoms. The molecule has 100 valence electrons. The van der Waals surface area contributed by atoms with Crippen molar-refractivity contribution < 1.29 is 9.47 Å². The Bertz CT molecular complexity index is 373. The monoisotopic (exact) mass is 249 g/mol. The Morgan fingerprint density at radius 1 is 1.28 bits per heavy atom. The van der Waals surface area contributed by atoms with Crippen LogP contribution in [0.25, 0.3) is 0 Å². The van der Waals surface area contributed by atoms with Gasteiger partial charge in [-0.1, -0.05) is 12.8 Å². The third kappa shape index (κ3) is 3.39. The number of benzene rings is 1. The fourth-order valence-corrected chi connectivity index (χ4v) is 2.54. The smallest absolute Gasteiger partial charge is 0.124 e. The normalized spacial score (nSPS) is 15.9. The second kappa shape index (κ2) is 6.64. The highest BCUT2D eigenvalue weighted by Gasteiger charge is 2.16. The van der Waals surface area contributed by atoms with Gasteiger partial charge >= 0.3 is 0 Å². The van der Waals surface area contributed by atoms with Crippen LogP contribution in [0.1, 0.15) is 31.2 Å². The van der Waals surface area contributed by atoms with Gasteiger partial charge in [0.15, 0.2) is 0 Å². The molecule has 0 amide bonds. The van der Waals surface area contributed by atoms with Crippen molar-refractivity contribution in [1.82, 2.24) is 5.32 Å². The molecule has 1 aromatic carbocycles. The maximum atomic E-state index is 5.98. The molecule has 18 heavy (non-hydrogen) atoms. The van der Waals surface area contributed by atoms with Crippen LogP contribution in [0, 0.1) is 5.92 Å². The van der Waals surface area contributed by atoms with Crippen LogP contribution in [-0.4, -0.2) is 20.8 Å². The summed E-state index contributed by atoms with van der Waals surface area (Å²) in [5.74, 6) is 2.61. The Morgan fingerprint density at radius 2 is 2.06 bits per heavy atom. The number of ether oxygens (including phenoxy) is 2. The molecule has 0 atom stereocenters. The highest BCUT2D eigenvalue weighted by atomic mass is 16.5. The molecule has 0 radical (unpaired) electrons. The molecule has 1 aromatic rings. The summed E-state index contributed by atoms with van der Waals surface area (Å²) in [6, 6.07) is 6.02. The summed E-state index contributed by atoms with van der Waals surface area (Å²) in [5, 5.41) is 3.17. The van der Waals surface area contributed by atoms with E-state index in [-0.39, 0.29) is 0 Å². The molecular formula is C15H23NO2. The first-order valence-corrected chi connectivity index (χ1v) is 6.78. The lowest BCUT2D eigenvalue weighted by atomic mass is 10.1. The first-order chi connectivity index (χ1) is 8.83. The van der Waals surface area contributed by atoms with Crippen LogP contribution in [0.4, 0.5) is 0 Å². The first kappa shape index (κ1) is 13.2. The SMILES string of the molecule is CNCc1cc(OC)ccc1OCC1CCCC1. The van der Waals surface area contributed by atoms with E-state index < -0.39 is 0 Å². The van der Waals surface area contributed by atoms with Crippen molar-refractivity contribution >= 4 is 0 Å². The zero-order chi connectivity index (χ0) is 12.8. The number of hydrogen-bond acceptors (Lipinski definition) is 3. The van der Waals surface area contributed by atoms with Gasteiger partial charge in [-0.15, -0.1) is 0 Å². The average Bonchev–Trinajstić information content (AvgIpc) is 2.90. The quantitative estimate of drug-likeness (QED) is 0.840. The van der Waals surface area contributed by atoms with Gasteiger partial charge in [-0.3, -0.25) is 0 Å². The molecule has 0 heterocycles. The van der Waals surface area contributed by atoms with E-state index in [4.69, 9.17) is 9.47 Å². The molecule has 2 rings (SSSR count). The summed E-state index contributed by atoms with van der Waals surface area (Å²) < 4.78 is 11.2. The second-order valence-electron chi connectivity index (χ2n) is 4.97. The summed E-state index contributed by atoms with van der Waals surface area (Å²) in [6.45, 7) is 1.65. The predicted molar refractivity (Wildman–Crippen MR) is 73.2 cm³/mol. The molecule has 1 saturated carbocycles. The molecule has 0 unspecified atom stereocenters. The van der Waals surface area contributed by atoms with Crippen molar-refractivity contribution in [3.63, 3.8) is 0 Å². The van der Waals surface area contributed by atoms with E-state index in [0.29, 0.717) is 0 Å². The lowest BCUT2D eigenvalue weighted by Gasteiger charge is -2.15. The number of nitrogens with one attached hydrogen (secondary N) is 1. The van der Waals surface area contributed by atoms with Crippen LogP contribution in [-0.2, 0) is 6.54 Å². The minimum absolute atomic E-state index is 0.745. The lowest BCUT2D eigenvalue weighted by molar-refractivity contribution is 0.249. The van der Waals surface area contributed by atoms with Gasteiger partial charge < -0.3 is 14.8 Å². The highest BCUT2D eigenvalue weighted by molar-refractivity contribution is 5.40. The maximum absolute atomic E-state index is 5.98. The largest absolute Gasteiger partial charge is 0.497 e. The Morgan fingerprint density at radius 3 is 2.72 bits per heavy atom. The zero-order valence-electron chi connectivity index (χ0n) is 11.4. The van der Waals surface area contributed by atoms with Crippen molar-refractivity contribution in [1.29, 1.82) is 0 Å². The molecule has 0 aromatic heterocycles. The lowest BCUT2D eigenvalue weighted by Crippen LogP contribution is -2.12. The van der Waals surface area contributed by atoms with Crippen molar-refractivity contribution in [2.45, 2.75) is 32.2 Å². The van der Waals surface area contributed by atoms with Gasteiger partial charge in [0.25, 0.3) is 0 Å². The second-order valence-corrected chi connectivity index (χ2v) is 4.97. The Labute approximate surface area is 109 Å². The van der Waals surface area contributed by atoms with E-state index in [0.717, 1.165) is 36.1 Å². The summed E-state index contributed by atoms with van der Waals surface area (Å²) >= 11 is 0. The molecule has 3 heteroatoms. The molecule has 1 aliphatic rings. The van der Waals surface area contributed by atoms with Gasteiger partial charge in [-0.05, 0) is 44.0 Å². The molecule has 1 N–H and O–H groups in total. The van der Waals surface area contributed by atoms with E-state index in [1.54, 1.807) is 7.11 Å². The first-order valence-electron chi connectivity index (χ1n) is 6.78. The molecule has 1 aliphatic carbocycles. The molecule has 0 bridgehead atoms. The standard InChI is InChI=1S/C15H23NO2/c1-16-10-13-9-14(17-2)7-8-15(13)18-11-12-5-3-4-6-12/h7-9,12,16H,3-6,10-11H2,1-2H3. The molecule has 0 saturated heterocycles. The fraction of sp³-hybridized carbons (Fsp3) is 0.600. The van der Waals surface area contributed by atoms with Crippen LogP contribution < -0.4 is 14.8 Å². The van der Waals surface area contributed by atoms with Gasteiger partial charge in [0.05, 0.1) is 13.7 Å². The third-order valence-electron chi connectivity index (χ3n) is 3.58. The average molecular weight is 249 g/mol. The minimum Gasteiger partial charge on any atom is -0.497 e. The van der Waals surface area contributed by atoms with Crippen LogP contribution in [0.3, 0.4) is 0 Å². The topological polar surface area (TPSA) is 30.5 Å². The molecule has 1 fully saturated rings. The van der Waals surface area contributed by atoms with Gasteiger partial charge in [0.1, 0.15) is 11.5 Å². The Kier molecular flexibility index (Phi) is 4.88. The number of methoxy groups -OCH3 is 1. The van der Waals surface area contributed by atoms with Crippen LogP contribution in [0.5, 0.6) is 11.5 Å². The van der Waals surface area contributed by atoms with Gasteiger partial charge in [0.2, 0.25) is 0 Å². The van der Waals surface area contributed by atoms with E-state index in [1.165, 1.54) is 25.7 Å². The maximum Gasteiger partial charge on any atom is 0.124 e. The molecular weight excluding hydrogens is 226 g/mol. The summed E-state index contributed by atoms with van der Waals surface area (Å²) in [5.41, 5.74) is 1.16. The number of rotatable bonds is 6. The molecule has 0 aliphatic heterocycles. The van der Waals surface area contributed by atoms with Gasteiger partial charge in [0, 0.05) is 12.1 Å². The van der Waals surface area contributed by atoms with Crippen molar-refractivity contribution in [2.75, 3.05) is 20.8 Å². The molecule has 3 nitrogen and oxygen atoms in total. The van der Waals surface area contributed by atoms with Gasteiger partial charge in [-0.25, -0.2) is 0 Å². The Balaban J connectivity index is 2.00. The van der Waals surface area contributed by atoms with E-state index in [2.05, 4.69) is 5.32 Å². The summed E-state index contributed by atoms with van der Waals surface area (Å²) in [6.07, 6.45) is 5.36. The van der Waals surface area contributed by atoms with Crippen molar-refractivity contribution in [3.05, 3.63) is 23.8 Å². The van der Waals surface area contributed by atoms with Crippen LogP contribution >= 0.6 is 0 Å². The fourth-order valence-electron chi connectivity index (χ4n) is 2.54. The Hall–Kier alpha value is -1.22. The zero-order valence-corrected chi connectivity index (χ0v) is 11.4. The minimum atomic E-state index is 0.745. The van der Waals surface area contributed by atoms with Crippen LogP contribution in [0.2, 0.25) is 0 Å². The van der Waals surface area contributed by atoms with E-state index in [9.17, 15) is 0 Å². The number of hydrogen-bond donors (Lipinski definition) is 1. The van der Waals surface area contributed by atoms with E-state index >= 15 is 0 Å². The summed E-state index contributed by atoms with van der Waals surface area (Å²) in [4.78, 5) is 0. The van der Waals surface area contributed by atoms with E-state index in [1.807, 2.05) is 25.2 Å². The third-order valence-corrected chi connectivity index (χ3v) is 3.58. The van der Waals surface area contributed by atoms with Crippen molar-refractivity contribution in [2.24, 2.45) is 5.92 Å². The highest BCUT2D eigenvalue weighted by Crippen LogP contribution is 2.28. The summed E-state index contributed by atoms with van der Waals surface area (Å²) in [7, 11) is 3.64. The predicted octanol–water partition coefficient (Wildman–Crippen LogP) is 2.98. The van der Waals surface area contributed by atoms with Crippen molar-refractivity contribution in [3.8, 4) is 11.5 Å².